The average Bonchev–Trinajstić information content (AvgIpc) is 3.39. The Morgan fingerprint density at radius 1 is 0.514 bits per heavy atom. The van der Waals surface area contributed by atoms with E-state index in [1.165, 1.54) is 57.7 Å². The van der Waals surface area contributed by atoms with Gasteiger partial charge in [0, 0.05) is 28.0 Å². The molecule has 0 heterocycles. The molecule has 0 saturated carbocycles. The first kappa shape index (κ1) is 55.1. The second kappa shape index (κ2) is 28.7. The number of nitrogens with one attached hydrogen (secondary N) is 6. The number of amides is 7. The van der Waals surface area contributed by atoms with Gasteiger partial charge in [0.2, 0.25) is 11.8 Å². The summed E-state index contributed by atoms with van der Waals surface area (Å²) in [5.41, 5.74) is 7.79. The number of ether oxygens (including phenoxy) is 5. The van der Waals surface area contributed by atoms with Gasteiger partial charge in [-0.05, 0) is 127 Å². The Morgan fingerprint density at radius 2 is 0.917 bits per heavy atom. The number of primary amides is 1. The molecule has 5 aromatic carbocycles. The lowest BCUT2D eigenvalue weighted by molar-refractivity contribution is -0.118. The molecule has 19 nitrogen and oxygen atoms in total. The summed E-state index contributed by atoms with van der Waals surface area (Å²) in [6.07, 6.45) is 0.654. The SMILES string of the molecule is COc1ccc(NC(=O)[C@H](CCCCNC(=O)OCc2ccccc2)NC(=O)c2cc(NC(=O)[C@H](CCCCNC(=O)OCc3ccccc3)NC(=O)c3cc(I)ccc3OC)ccc2OC)cc1C(N)=O. The summed E-state index contributed by atoms with van der Waals surface area (Å²) in [5.74, 6) is -2.70. The van der Waals surface area contributed by atoms with Crippen LogP contribution in [0.3, 0.4) is 0 Å². The lowest BCUT2D eigenvalue weighted by atomic mass is 10.1. The highest BCUT2D eigenvalue weighted by molar-refractivity contribution is 14.1. The molecule has 0 fully saturated rings. The van der Waals surface area contributed by atoms with Gasteiger partial charge in [-0.1, -0.05) is 60.7 Å². The topological polar surface area (TPSA) is 264 Å². The van der Waals surface area contributed by atoms with E-state index in [1.807, 2.05) is 60.7 Å². The number of alkyl carbamates (subject to hydrolysis) is 2. The number of unbranched alkanes of at least 4 members (excludes halogenated alkanes) is 2. The number of halogens is 1. The van der Waals surface area contributed by atoms with E-state index in [4.69, 9.17) is 29.4 Å². The van der Waals surface area contributed by atoms with Crippen LogP contribution in [0.25, 0.3) is 0 Å². The normalized spacial score (nSPS) is 11.4. The minimum Gasteiger partial charge on any atom is -0.496 e. The van der Waals surface area contributed by atoms with E-state index in [-0.39, 0.29) is 78.7 Å². The van der Waals surface area contributed by atoms with Gasteiger partial charge in [-0.3, -0.25) is 24.0 Å². The molecule has 72 heavy (non-hydrogen) atoms. The molecular formula is C52H58IN7O12. The highest BCUT2D eigenvalue weighted by Gasteiger charge is 2.27. The molecule has 0 unspecified atom stereocenters. The van der Waals surface area contributed by atoms with Crippen molar-refractivity contribution in [2.75, 3.05) is 45.1 Å². The molecule has 5 aromatic rings. The lowest BCUT2D eigenvalue weighted by Crippen LogP contribution is -2.44. The fourth-order valence-corrected chi connectivity index (χ4v) is 7.63. The third kappa shape index (κ3) is 17.5. The van der Waals surface area contributed by atoms with Gasteiger partial charge in [0.15, 0.2) is 0 Å². The maximum Gasteiger partial charge on any atom is 0.407 e. The van der Waals surface area contributed by atoms with Gasteiger partial charge in [0.05, 0.1) is 38.0 Å². The van der Waals surface area contributed by atoms with Crippen molar-refractivity contribution >= 4 is 75.7 Å². The highest BCUT2D eigenvalue weighted by Crippen LogP contribution is 2.26. The standard InChI is InChI=1S/C52H58IN7O12/c1-68-43-24-21-36(29-38(43)46(54)61)57-49(64)42(19-11-13-27-56-52(67)72-32-34-16-8-5-9-17-34)60-48(63)40-30-37(22-25-45(40)70-3)58-50(65)41(59-47(62)39-28-35(53)20-23-44(39)69-2)18-10-12-26-55-51(66)71-31-33-14-6-4-7-15-33/h4-9,14-17,20-25,28-30,41-42H,10-13,18-19,26-27,31-32H2,1-3H3,(H2,54,61)(H,55,66)(H,56,67)(H,57,64)(H,58,65)(H,59,62)(H,60,63)/t41-,42-/m0/s1. The zero-order valence-corrected chi connectivity index (χ0v) is 42.2. The zero-order valence-electron chi connectivity index (χ0n) is 40.0. The molecule has 380 valence electrons. The minimum absolute atomic E-state index is 0.0230. The van der Waals surface area contributed by atoms with Crippen molar-refractivity contribution in [3.8, 4) is 17.2 Å². The molecule has 0 aliphatic carbocycles. The third-order valence-corrected chi connectivity index (χ3v) is 11.6. The van der Waals surface area contributed by atoms with Crippen molar-refractivity contribution in [1.29, 1.82) is 0 Å². The summed E-state index contributed by atoms with van der Waals surface area (Å²) in [7, 11) is 4.16. The molecule has 7 amide bonds. The van der Waals surface area contributed by atoms with Gasteiger partial charge < -0.3 is 61.3 Å². The Bertz CT molecular complexity index is 2660. The van der Waals surface area contributed by atoms with Crippen LogP contribution in [0.1, 0.15) is 80.7 Å². The summed E-state index contributed by atoms with van der Waals surface area (Å²) in [4.78, 5) is 92.7. The Labute approximate surface area is 430 Å². The van der Waals surface area contributed by atoms with Crippen molar-refractivity contribution < 1.29 is 57.2 Å². The molecule has 5 rings (SSSR count). The number of carbonyl (C=O) groups is 7. The Hall–Kier alpha value is -7.88. The molecule has 0 saturated heterocycles. The summed E-state index contributed by atoms with van der Waals surface area (Å²) >= 11 is 2.07. The Kier molecular flexibility index (Phi) is 21.9. The van der Waals surface area contributed by atoms with Gasteiger partial charge in [0.1, 0.15) is 42.5 Å². The number of carbonyl (C=O) groups excluding carboxylic acids is 7. The fraction of sp³-hybridized carbons (Fsp3) is 0.288. The van der Waals surface area contributed by atoms with Crippen molar-refractivity contribution in [2.45, 2.75) is 63.8 Å². The van der Waals surface area contributed by atoms with Crippen LogP contribution < -0.4 is 51.8 Å². The van der Waals surface area contributed by atoms with Gasteiger partial charge in [-0.2, -0.15) is 0 Å². The largest absolute Gasteiger partial charge is 0.496 e. The molecule has 0 aromatic heterocycles. The average molecular weight is 1100 g/mol. The third-order valence-electron chi connectivity index (χ3n) is 10.9. The van der Waals surface area contributed by atoms with Gasteiger partial charge in [-0.15, -0.1) is 0 Å². The van der Waals surface area contributed by atoms with Crippen molar-refractivity contribution in [2.24, 2.45) is 5.73 Å². The monoisotopic (exact) mass is 1100 g/mol. The number of anilines is 2. The first-order chi connectivity index (χ1) is 34.8. The van der Waals surface area contributed by atoms with E-state index in [2.05, 4.69) is 54.5 Å². The van der Waals surface area contributed by atoms with Gasteiger partial charge in [-0.25, -0.2) is 9.59 Å². The van der Waals surface area contributed by atoms with Gasteiger partial charge in [0.25, 0.3) is 17.7 Å². The number of hydrogen-bond donors (Lipinski definition) is 7. The summed E-state index contributed by atoms with van der Waals surface area (Å²) in [6.45, 7) is 0.652. The summed E-state index contributed by atoms with van der Waals surface area (Å²) in [5, 5.41) is 16.5. The predicted molar refractivity (Wildman–Crippen MR) is 277 cm³/mol. The van der Waals surface area contributed by atoms with E-state index in [1.54, 1.807) is 18.2 Å². The number of nitrogens with two attached hydrogens (primary N) is 1. The fourth-order valence-electron chi connectivity index (χ4n) is 7.14. The Morgan fingerprint density at radius 3 is 1.35 bits per heavy atom. The molecular weight excluding hydrogens is 1040 g/mol. The van der Waals surface area contributed by atoms with Crippen molar-refractivity contribution in [3.63, 3.8) is 0 Å². The van der Waals surface area contributed by atoms with Crippen molar-refractivity contribution in [1.82, 2.24) is 21.3 Å². The number of rotatable bonds is 26. The number of hydrogen-bond acceptors (Lipinski definition) is 12. The molecule has 8 N–H and O–H groups in total. The van der Waals surface area contributed by atoms with Crippen LogP contribution in [-0.4, -0.2) is 88.2 Å². The van der Waals surface area contributed by atoms with E-state index in [0.29, 0.717) is 31.4 Å². The lowest BCUT2D eigenvalue weighted by Gasteiger charge is -2.21. The van der Waals surface area contributed by atoms with Crippen molar-refractivity contribution in [3.05, 3.63) is 147 Å². The predicted octanol–water partition coefficient (Wildman–Crippen LogP) is 7.08. The highest BCUT2D eigenvalue weighted by atomic mass is 127. The van der Waals surface area contributed by atoms with Crippen LogP contribution in [0.2, 0.25) is 0 Å². The zero-order chi connectivity index (χ0) is 51.8. The Balaban J connectivity index is 1.28. The van der Waals surface area contributed by atoms with Crippen LogP contribution in [0.15, 0.2) is 115 Å². The van der Waals surface area contributed by atoms with Crippen LogP contribution in [0.5, 0.6) is 17.2 Å². The second-order valence-electron chi connectivity index (χ2n) is 16.0. The minimum atomic E-state index is -1.16. The first-order valence-electron chi connectivity index (χ1n) is 22.9. The molecule has 0 bridgehead atoms. The summed E-state index contributed by atoms with van der Waals surface area (Å²) < 4.78 is 27.5. The maximum absolute atomic E-state index is 14.2. The first-order valence-corrected chi connectivity index (χ1v) is 24.0. The quantitative estimate of drug-likeness (QED) is 0.0216. The summed E-state index contributed by atoms with van der Waals surface area (Å²) in [6, 6.07) is 29.9. The smallest absolute Gasteiger partial charge is 0.407 e. The second-order valence-corrected chi connectivity index (χ2v) is 17.3. The molecule has 2 atom stereocenters. The molecule has 0 aliphatic rings. The van der Waals surface area contributed by atoms with Crippen LogP contribution in [0.4, 0.5) is 21.0 Å². The molecule has 0 spiro atoms. The van der Waals surface area contributed by atoms with Crippen LogP contribution >= 0.6 is 22.6 Å². The van der Waals surface area contributed by atoms with E-state index in [9.17, 15) is 33.6 Å². The molecule has 20 heteroatoms. The van der Waals surface area contributed by atoms with E-state index >= 15 is 0 Å². The van der Waals surface area contributed by atoms with E-state index < -0.39 is 53.8 Å². The van der Waals surface area contributed by atoms with E-state index in [0.717, 1.165) is 14.7 Å². The van der Waals surface area contributed by atoms with Gasteiger partial charge >= 0.3 is 12.2 Å². The maximum atomic E-state index is 14.2. The van der Waals surface area contributed by atoms with Crippen LogP contribution in [-0.2, 0) is 32.3 Å². The number of methoxy groups -OCH3 is 3. The molecule has 0 radical (unpaired) electrons. The molecule has 0 aliphatic heterocycles. The van der Waals surface area contributed by atoms with Crippen LogP contribution in [0, 0.1) is 3.57 Å². The number of benzene rings is 5.